The first kappa shape index (κ1) is 12.0. The van der Waals surface area contributed by atoms with Crippen molar-refractivity contribution in [2.45, 2.75) is 19.1 Å². The molecule has 1 unspecified atom stereocenters. The van der Waals surface area contributed by atoms with Crippen LogP contribution in [0.15, 0.2) is 10.9 Å². The summed E-state index contributed by atoms with van der Waals surface area (Å²) in [6.07, 6.45) is 1.99. The number of nitrogens with zero attached hydrogens (tertiary/aromatic N) is 1. The van der Waals surface area contributed by atoms with Crippen molar-refractivity contribution < 1.29 is 5.11 Å². The molecule has 0 saturated heterocycles. The van der Waals surface area contributed by atoms with Crippen LogP contribution < -0.4 is 5.32 Å². The molecule has 14 heavy (non-hydrogen) atoms. The monoisotopic (exact) mass is 232 g/mol. The number of hydrogen-bond donors (Lipinski definition) is 2. The van der Waals surface area contributed by atoms with Gasteiger partial charge in [0, 0.05) is 24.2 Å². The first-order valence-electron chi connectivity index (χ1n) is 4.43. The lowest BCUT2D eigenvalue weighted by molar-refractivity contribution is 0.0845. The minimum absolute atomic E-state index is 0.603. The van der Waals surface area contributed by atoms with Crippen molar-refractivity contribution in [1.29, 1.82) is 0 Å². The van der Waals surface area contributed by atoms with Crippen LogP contribution in [0, 0.1) is 0 Å². The van der Waals surface area contributed by atoms with Gasteiger partial charge >= 0.3 is 0 Å². The molecule has 0 aliphatic heterocycles. The van der Waals surface area contributed by atoms with Crippen molar-refractivity contribution in [2.24, 2.45) is 0 Å². The summed E-state index contributed by atoms with van der Waals surface area (Å²) in [7, 11) is 0. The largest absolute Gasteiger partial charge is 0.388 e. The van der Waals surface area contributed by atoms with Gasteiger partial charge in [0.15, 0.2) is 0 Å². The molecular weight excluding hydrogens is 216 g/mol. The number of hydrogen-bond acceptors (Lipinski definition) is 5. The van der Waals surface area contributed by atoms with Crippen molar-refractivity contribution in [3.8, 4) is 0 Å². The lowest BCUT2D eigenvalue weighted by Crippen LogP contribution is -2.39. The van der Waals surface area contributed by atoms with Crippen LogP contribution in [0.1, 0.15) is 12.6 Å². The van der Waals surface area contributed by atoms with Crippen LogP contribution in [0.3, 0.4) is 0 Å². The van der Waals surface area contributed by atoms with Gasteiger partial charge in [0.2, 0.25) is 0 Å². The van der Waals surface area contributed by atoms with Gasteiger partial charge in [-0.3, -0.25) is 0 Å². The summed E-state index contributed by atoms with van der Waals surface area (Å²) in [5.41, 5.74) is 2.22. The fourth-order valence-electron chi connectivity index (χ4n) is 1.15. The Labute approximate surface area is 92.9 Å². The normalized spacial score (nSPS) is 15.4. The lowest BCUT2D eigenvalue weighted by Gasteiger charge is -2.22. The summed E-state index contributed by atoms with van der Waals surface area (Å²) in [5.74, 6) is 0.747. The van der Waals surface area contributed by atoms with Gasteiger partial charge in [0.05, 0.1) is 16.8 Å². The third kappa shape index (κ3) is 4.41. The summed E-state index contributed by atoms with van der Waals surface area (Å²) in [6.45, 7) is 3.18. The molecule has 2 N–H and O–H groups in total. The molecule has 0 spiro atoms. The van der Waals surface area contributed by atoms with Crippen LogP contribution >= 0.6 is 23.1 Å². The predicted molar refractivity (Wildman–Crippen MR) is 62.8 cm³/mol. The molecule has 1 rings (SSSR count). The zero-order valence-electron chi connectivity index (χ0n) is 8.49. The molecule has 1 heterocycles. The fourth-order valence-corrected chi connectivity index (χ4v) is 2.43. The summed E-state index contributed by atoms with van der Waals surface area (Å²) < 4.78 is 0. The van der Waals surface area contributed by atoms with E-state index in [0.29, 0.717) is 6.54 Å². The Hall–Kier alpha value is -0.100. The Bertz CT molecular complexity index is 249. The van der Waals surface area contributed by atoms with E-state index in [4.69, 9.17) is 0 Å². The average molecular weight is 232 g/mol. The lowest BCUT2D eigenvalue weighted by atomic mass is 10.1. The molecule has 1 aromatic rings. The topological polar surface area (TPSA) is 45.1 Å². The van der Waals surface area contributed by atoms with Gasteiger partial charge in [-0.25, -0.2) is 4.98 Å². The molecule has 1 atom stereocenters. The van der Waals surface area contributed by atoms with Crippen LogP contribution in [-0.2, 0) is 6.54 Å². The Morgan fingerprint density at radius 1 is 1.71 bits per heavy atom. The SMILES string of the molecule is CSCC(C)(O)CNCc1cscn1. The second-order valence-corrected chi connectivity index (χ2v) is 5.10. The summed E-state index contributed by atoms with van der Waals surface area (Å²) in [5, 5.41) is 15.0. The maximum Gasteiger partial charge on any atom is 0.0833 e. The first-order chi connectivity index (χ1) is 6.64. The second kappa shape index (κ2) is 5.70. The summed E-state index contributed by atoms with van der Waals surface area (Å²) in [6, 6.07) is 0. The smallest absolute Gasteiger partial charge is 0.0833 e. The molecule has 0 aromatic carbocycles. The van der Waals surface area contributed by atoms with Crippen molar-refractivity contribution in [3.05, 3.63) is 16.6 Å². The molecule has 0 amide bonds. The zero-order chi connectivity index (χ0) is 10.4. The van der Waals surface area contributed by atoms with Gasteiger partial charge in [-0.2, -0.15) is 11.8 Å². The van der Waals surface area contributed by atoms with E-state index in [0.717, 1.165) is 18.0 Å². The standard InChI is InChI=1S/C9H16N2OS2/c1-9(12,6-13-2)5-10-3-8-4-14-7-11-8/h4,7,10,12H,3,5-6H2,1-2H3. The van der Waals surface area contributed by atoms with Gasteiger partial charge in [-0.15, -0.1) is 11.3 Å². The van der Waals surface area contributed by atoms with E-state index in [1.54, 1.807) is 23.1 Å². The Morgan fingerprint density at radius 3 is 3.07 bits per heavy atom. The average Bonchev–Trinajstić information content (AvgIpc) is 2.56. The molecule has 5 heteroatoms. The number of nitrogens with one attached hydrogen (secondary N) is 1. The van der Waals surface area contributed by atoms with Crippen LogP contribution in [0.4, 0.5) is 0 Å². The van der Waals surface area contributed by atoms with Crippen molar-refractivity contribution in [3.63, 3.8) is 0 Å². The van der Waals surface area contributed by atoms with Crippen molar-refractivity contribution >= 4 is 23.1 Å². The van der Waals surface area contributed by atoms with Gasteiger partial charge in [-0.1, -0.05) is 0 Å². The zero-order valence-corrected chi connectivity index (χ0v) is 10.1. The molecule has 0 bridgehead atoms. The van der Waals surface area contributed by atoms with E-state index in [-0.39, 0.29) is 0 Å². The van der Waals surface area contributed by atoms with E-state index < -0.39 is 5.60 Å². The van der Waals surface area contributed by atoms with Crippen LogP contribution in [-0.4, -0.2) is 34.2 Å². The molecule has 0 saturated carbocycles. The Kier molecular flexibility index (Phi) is 4.88. The molecule has 80 valence electrons. The van der Waals surface area contributed by atoms with E-state index in [2.05, 4.69) is 10.3 Å². The number of aliphatic hydroxyl groups is 1. The number of aromatic nitrogens is 1. The molecule has 3 nitrogen and oxygen atoms in total. The summed E-state index contributed by atoms with van der Waals surface area (Å²) in [4.78, 5) is 4.15. The van der Waals surface area contributed by atoms with E-state index >= 15 is 0 Å². The minimum atomic E-state index is -0.630. The Balaban J connectivity index is 2.20. The maximum absolute atomic E-state index is 9.84. The van der Waals surface area contributed by atoms with Crippen LogP contribution in [0.5, 0.6) is 0 Å². The van der Waals surface area contributed by atoms with E-state index in [1.807, 2.05) is 24.1 Å². The van der Waals surface area contributed by atoms with Crippen LogP contribution in [0.25, 0.3) is 0 Å². The molecular formula is C9H16N2OS2. The van der Waals surface area contributed by atoms with E-state index in [1.165, 1.54) is 0 Å². The highest BCUT2D eigenvalue weighted by molar-refractivity contribution is 7.98. The quantitative estimate of drug-likeness (QED) is 0.777. The second-order valence-electron chi connectivity index (χ2n) is 3.51. The third-order valence-corrected chi connectivity index (χ3v) is 3.30. The molecule has 0 aliphatic rings. The number of rotatable bonds is 6. The first-order valence-corrected chi connectivity index (χ1v) is 6.77. The predicted octanol–water partition coefficient (Wildman–Crippen LogP) is 1.35. The molecule has 0 fully saturated rings. The highest BCUT2D eigenvalue weighted by atomic mass is 32.2. The van der Waals surface area contributed by atoms with Crippen molar-refractivity contribution in [2.75, 3.05) is 18.6 Å². The van der Waals surface area contributed by atoms with Gasteiger partial charge < -0.3 is 10.4 Å². The highest BCUT2D eigenvalue weighted by Gasteiger charge is 2.18. The third-order valence-electron chi connectivity index (χ3n) is 1.75. The number of thiazole rings is 1. The minimum Gasteiger partial charge on any atom is -0.388 e. The number of thioether (sulfide) groups is 1. The van der Waals surface area contributed by atoms with Crippen molar-refractivity contribution in [1.82, 2.24) is 10.3 Å². The Morgan fingerprint density at radius 2 is 2.50 bits per heavy atom. The highest BCUT2D eigenvalue weighted by Crippen LogP contribution is 2.09. The molecule has 0 radical (unpaired) electrons. The fraction of sp³-hybridized carbons (Fsp3) is 0.667. The molecule has 1 aromatic heterocycles. The van der Waals surface area contributed by atoms with E-state index in [9.17, 15) is 5.11 Å². The maximum atomic E-state index is 9.84. The van der Waals surface area contributed by atoms with Gasteiger partial charge in [0.25, 0.3) is 0 Å². The van der Waals surface area contributed by atoms with Gasteiger partial charge in [-0.05, 0) is 13.2 Å². The van der Waals surface area contributed by atoms with Crippen LogP contribution in [0.2, 0.25) is 0 Å². The molecule has 0 aliphatic carbocycles. The van der Waals surface area contributed by atoms with Gasteiger partial charge in [0.1, 0.15) is 0 Å². The summed E-state index contributed by atoms with van der Waals surface area (Å²) >= 11 is 3.24.